The monoisotopic (exact) mass is 524 g/mol. The molecule has 3 unspecified atom stereocenters. The van der Waals surface area contributed by atoms with Crippen molar-refractivity contribution >= 4 is 29.5 Å². The number of rotatable bonds is 10. The number of nitrogens with two attached hydrogens (primary N) is 1. The third kappa shape index (κ3) is 8.61. The predicted octanol–water partition coefficient (Wildman–Crippen LogP) is 4.38. The van der Waals surface area contributed by atoms with Gasteiger partial charge in [0, 0.05) is 11.7 Å². The summed E-state index contributed by atoms with van der Waals surface area (Å²) in [7, 11) is 0. The number of ether oxygens (including phenoxy) is 1. The van der Waals surface area contributed by atoms with E-state index < -0.39 is 54.0 Å². The Labute approximate surface area is 225 Å². The van der Waals surface area contributed by atoms with Gasteiger partial charge < -0.3 is 26.0 Å². The molecule has 2 aromatic carbocycles. The van der Waals surface area contributed by atoms with Gasteiger partial charge in [-0.25, -0.2) is 4.79 Å². The number of para-hydroxylation sites is 1. The first-order valence-corrected chi connectivity index (χ1v) is 12.8. The van der Waals surface area contributed by atoms with E-state index in [2.05, 4.69) is 10.6 Å². The molecule has 0 radical (unpaired) electrons. The van der Waals surface area contributed by atoms with Crippen molar-refractivity contribution in [1.82, 2.24) is 10.2 Å². The van der Waals surface area contributed by atoms with E-state index in [0.29, 0.717) is 17.7 Å². The van der Waals surface area contributed by atoms with E-state index in [-0.39, 0.29) is 0 Å². The van der Waals surface area contributed by atoms with E-state index in [1.165, 1.54) is 4.90 Å². The molecule has 4 N–H and O–H groups in total. The van der Waals surface area contributed by atoms with E-state index in [1.54, 1.807) is 39.0 Å². The van der Waals surface area contributed by atoms with Gasteiger partial charge in [0.1, 0.15) is 17.7 Å². The lowest BCUT2D eigenvalue weighted by Gasteiger charge is -2.38. The highest BCUT2D eigenvalue weighted by molar-refractivity contribution is 6.00. The third-order valence-corrected chi connectivity index (χ3v) is 6.04. The molecule has 2 aromatic rings. The molecule has 206 valence electrons. The van der Waals surface area contributed by atoms with Gasteiger partial charge in [-0.1, -0.05) is 55.0 Å². The molecule has 0 saturated heterocycles. The minimum absolute atomic E-state index is 0.424. The van der Waals surface area contributed by atoms with Crippen LogP contribution in [0, 0.1) is 13.8 Å². The first-order valence-electron chi connectivity index (χ1n) is 12.8. The Morgan fingerprint density at radius 2 is 1.61 bits per heavy atom. The molecule has 0 aromatic heterocycles. The average molecular weight is 525 g/mol. The number of hydrogen-bond donors (Lipinski definition) is 3. The maximum Gasteiger partial charge on any atom is 0.408 e. The lowest BCUT2D eigenvalue weighted by atomic mass is 9.98. The van der Waals surface area contributed by atoms with Crippen molar-refractivity contribution < 1.29 is 23.9 Å². The third-order valence-electron chi connectivity index (χ3n) is 6.04. The summed E-state index contributed by atoms with van der Waals surface area (Å²) >= 11 is 0. The second-order valence-electron chi connectivity index (χ2n) is 10.5. The Balaban J connectivity index is 2.57. The largest absolute Gasteiger partial charge is 0.444 e. The van der Waals surface area contributed by atoms with Crippen molar-refractivity contribution in [2.75, 3.05) is 5.32 Å². The van der Waals surface area contributed by atoms with Gasteiger partial charge in [-0.2, -0.15) is 0 Å². The Morgan fingerprint density at radius 3 is 2.13 bits per heavy atom. The van der Waals surface area contributed by atoms with E-state index in [0.717, 1.165) is 11.1 Å². The first kappa shape index (κ1) is 30.3. The molecular weight excluding hydrogens is 484 g/mol. The summed E-state index contributed by atoms with van der Waals surface area (Å²) in [5.74, 6) is -1.82. The molecule has 0 saturated carbocycles. The molecular formula is C29H40N4O5. The molecule has 9 heteroatoms. The van der Waals surface area contributed by atoms with Crippen molar-refractivity contribution in [3.63, 3.8) is 0 Å². The molecule has 9 nitrogen and oxygen atoms in total. The van der Waals surface area contributed by atoms with Crippen LogP contribution in [0.5, 0.6) is 0 Å². The summed E-state index contributed by atoms with van der Waals surface area (Å²) in [6, 6.07) is 11.9. The predicted molar refractivity (Wildman–Crippen MR) is 147 cm³/mol. The zero-order valence-electron chi connectivity index (χ0n) is 23.3. The number of amides is 4. The number of hydrogen-bond acceptors (Lipinski definition) is 5. The van der Waals surface area contributed by atoms with Crippen LogP contribution in [0.2, 0.25) is 0 Å². The van der Waals surface area contributed by atoms with Crippen molar-refractivity contribution in [3.8, 4) is 0 Å². The highest BCUT2D eigenvalue weighted by Gasteiger charge is 2.39. The van der Waals surface area contributed by atoms with E-state index in [4.69, 9.17) is 10.5 Å². The summed E-state index contributed by atoms with van der Waals surface area (Å²) in [5, 5.41) is 5.45. The fourth-order valence-corrected chi connectivity index (χ4v) is 3.93. The second kappa shape index (κ2) is 13.1. The van der Waals surface area contributed by atoms with E-state index in [1.807, 2.05) is 58.0 Å². The summed E-state index contributed by atoms with van der Waals surface area (Å²) in [4.78, 5) is 53.8. The molecule has 0 heterocycles. The smallest absolute Gasteiger partial charge is 0.408 e. The van der Waals surface area contributed by atoms with Gasteiger partial charge in [-0.05, 0) is 65.2 Å². The molecule has 0 aliphatic heterocycles. The number of alkyl carbamates (subject to hydrolysis) is 1. The van der Waals surface area contributed by atoms with Crippen LogP contribution >= 0.6 is 0 Å². The molecule has 4 amide bonds. The first-order chi connectivity index (χ1) is 17.7. The van der Waals surface area contributed by atoms with Gasteiger partial charge in [0.15, 0.2) is 0 Å². The van der Waals surface area contributed by atoms with Crippen LogP contribution in [-0.4, -0.2) is 46.4 Å². The lowest BCUT2D eigenvalue weighted by Crippen LogP contribution is -2.55. The molecule has 0 bridgehead atoms. The van der Waals surface area contributed by atoms with E-state index >= 15 is 0 Å². The fourth-order valence-electron chi connectivity index (χ4n) is 3.93. The lowest BCUT2D eigenvalue weighted by molar-refractivity contribution is -0.144. The number of primary amides is 1. The van der Waals surface area contributed by atoms with Gasteiger partial charge in [-0.15, -0.1) is 0 Å². The minimum atomic E-state index is -1.32. The summed E-state index contributed by atoms with van der Waals surface area (Å²) < 4.78 is 5.31. The zero-order chi connectivity index (χ0) is 28.6. The van der Waals surface area contributed by atoms with Crippen LogP contribution in [0.15, 0.2) is 48.5 Å². The second-order valence-corrected chi connectivity index (χ2v) is 10.5. The van der Waals surface area contributed by atoms with Crippen molar-refractivity contribution in [2.45, 2.75) is 85.0 Å². The maximum absolute atomic E-state index is 14.1. The van der Waals surface area contributed by atoms with Crippen molar-refractivity contribution in [2.24, 2.45) is 5.73 Å². The number of aryl methyl sites for hydroxylation is 2. The van der Waals surface area contributed by atoms with Crippen LogP contribution in [0.25, 0.3) is 0 Å². The zero-order valence-corrected chi connectivity index (χ0v) is 23.3. The van der Waals surface area contributed by atoms with E-state index in [9.17, 15) is 19.2 Å². The highest BCUT2D eigenvalue weighted by atomic mass is 16.6. The number of anilines is 1. The number of benzene rings is 2. The van der Waals surface area contributed by atoms with Crippen LogP contribution in [0.3, 0.4) is 0 Å². The topological polar surface area (TPSA) is 131 Å². The van der Waals surface area contributed by atoms with Gasteiger partial charge in [-0.3, -0.25) is 14.4 Å². The highest BCUT2D eigenvalue weighted by Crippen LogP contribution is 2.29. The Kier molecular flexibility index (Phi) is 10.4. The average Bonchev–Trinajstić information content (AvgIpc) is 2.82. The fraction of sp³-hybridized carbons (Fsp3) is 0.448. The number of nitrogens with one attached hydrogen (secondary N) is 2. The summed E-state index contributed by atoms with van der Waals surface area (Å²) in [6.07, 6.45) is -0.801. The molecule has 0 spiro atoms. The number of carbonyl (C=O) groups excluding carboxylic acids is 4. The summed E-state index contributed by atoms with van der Waals surface area (Å²) in [5.41, 5.74) is 7.69. The number of carbonyl (C=O) groups is 4. The Hall–Kier alpha value is -3.88. The van der Waals surface area contributed by atoms with Gasteiger partial charge >= 0.3 is 6.09 Å². The molecule has 0 fully saturated rings. The van der Waals surface area contributed by atoms with Crippen molar-refractivity contribution in [1.29, 1.82) is 0 Å². The molecule has 0 aliphatic rings. The normalized spacial score (nSPS) is 13.6. The van der Waals surface area contributed by atoms with Gasteiger partial charge in [0.25, 0.3) is 5.91 Å². The number of nitrogens with zero attached hydrogens (tertiary/aromatic N) is 1. The maximum atomic E-state index is 14.1. The van der Waals surface area contributed by atoms with Crippen molar-refractivity contribution in [3.05, 3.63) is 65.2 Å². The Bertz CT molecular complexity index is 1140. The van der Waals surface area contributed by atoms with Crippen LogP contribution < -0.4 is 16.4 Å². The molecule has 2 rings (SSSR count). The van der Waals surface area contributed by atoms with Crippen LogP contribution in [0.1, 0.15) is 70.2 Å². The SMILES string of the molecule is CCC(C)N(C(=O)C(CC(N)=O)NC(=O)OC(C)(C)C)C(C(=O)Nc1ccccc1C)c1ccc(C)cc1. The summed E-state index contributed by atoms with van der Waals surface area (Å²) in [6.45, 7) is 12.6. The molecule has 38 heavy (non-hydrogen) atoms. The van der Waals surface area contributed by atoms with Crippen LogP contribution in [0.4, 0.5) is 10.5 Å². The van der Waals surface area contributed by atoms with Gasteiger partial charge in [0.2, 0.25) is 11.8 Å². The standard InChI is InChI=1S/C29H40N4O5/c1-8-20(4)33(27(36)23(17-24(30)34)32-28(37)38-29(5,6)7)25(21-15-13-18(2)14-16-21)26(35)31-22-12-10-9-11-19(22)3/h9-16,20,23,25H,8,17H2,1-7H3,(H2,30,34)(H,31,35)(H,32,37). The van der Waals surface area contributed by atoms with Crippen LogP contribution in [-0.2, 0) is 19.1 Å². The minimum Gasteiger partial charge on any atom is -0.444 e. The molecule has 3 atom stereocenters. The Morgan fingerprint density at radius 1 is 1.00 bits per heavy atom. The van der Waals surface area contributed by atoms with Gasteiger partial charge in [0.05, 0.1) is 6.42 Å². The molecule has 0 aliphatic carbocycles. The quantitative estimate of drug-likeness (QED) is 0.425.